The van der Waals surface area contributed by atoms with E-state index >= 15 is 0 Å². The van der Waals surface area contributed by atoms with Crippen molar-refractivity contribution in [2.24, 2.45) is 5.73 Å². The third-order valence-electron chi connectivity index (χ3n) is 3.18. The number of esters is 1. The molecule has 2 N–H and O–H groups in total. The van der Waals surface area contributed by atoms with Gasteiger partial charge in [-0.2, -0.15) is 0 Å². The molecule has 0 rings (SSSR count). The Kier molecular flexibility index (Phi) is 9.14. The Morgan fingerprint density at radius 3 is 2.12 bits per heavy atom. The van der Waals surface area contributed by atoms with Crippen LogP contribution in [0.15, 0.2) is 0 Å². The van der Waals surface area contributed by atoms with E-state index < -0.39 is 5.54 Å². The lowest BCUT2D eigenvalue weighted by Gasteiger charge is -2.20. The molecule has 0 saturated carbocycles. The van der Waals surface area contributed by atoms with Crippen molar-refractivity contribution in [2.75, 3.05) is 6.61 Å². The Hall–Kier alpha value is -0.570. The van der Waals surface area contributed by atoms with Crippen LogP contribution < -0.4 is 5.73 Å². The van der Waals surface area contributed by atoms with Crippen molar-refractivity contribution < 1.29 is 9.53 Å². The molecule has 0 spiro atoms. The van der Waals surface area contributed by atoms with E-state index in [1.165, 1.54) is 32.1 Å². The number of carbonyl (C=O) groups is 1. The molecule has 1 unspecified atom stereocenters. The Balaban J connectivity index is 3.37. The number of unbranched alkanes of at least 4 members (excludes halogenated alkanes) is 6. The average Bonchev–Trinajstić information content (AvgIpc) is 2.32. The van der Waals surface area contributed by atoms with Crippen LogP contribution in [0.2, 0.25) is 0 Å². The van der Waals surface area contributed by atoms with Crippen LogP contribution in [0, 0.1) is 0 Å². The fourth-order valence-corrected chi connectivity index (χ4v) is 1.53. The van der Waals surface area contributed by atoms with Gasteiger partial charge in [0, 0.05) is 0 Å². The molecular weight excluding hydrogens is 214 g/mol. The molecule has 0 aliphatic rings. The lowest BCUT2D eigenvalue weighted by Crippen LogP contribution is -2.45. The van der Waals surface area contributed by atoms with Gasteiger partial charge in [-0.1, -0.05) is 52.4 Å². The molecule has 102 valence electrons. The third kappa shape index (κ3) is 8.19. The van der Waals surface area contributed by atoms with E-state index in [9.17, 15) is 4.79 Å². The quantitative estimate of drug-likeness (QED) is 0.472. The Bertz CT molecular complexity index is 202. The van der Waals surface area contributed by atoms with Gasteiger partial charge in [0.15, 0.2) is 0 Å². The summed E-state index contributed by atoms with van der Waals surface area (Å²) < 4.78 is 5.16. The third-order valence-corrected chi connectivity index (χ3v) is 3.18. The van der Waals surface area contributed by atoms with Crippen molar-refractivity contribution >= 4 is 5.97 Å². The van der Waals surface area contributed by atoms with Gasteiger partial charge in [0.1, 0.15) is 5.54 Å². The molecule has 0 aromatic heterocycles. The van der Waals surface area contributed by atoms with Crippen LogP contribution in [0.3, 0.4) is 0 Å². The van der Waals surface area contributed by atoms with Gasteiger partial charge in [-0.05, 0) is 19.8 Å². The van der Waals surface area contributed by atoms with Crippen LogP contribution in [-0.2, 0) is 9.53 Å². The lowest BCUT2D eigenvalue weighted by atomic mass is 10.0. The first-order valence-electron chi connectivity index (χ1n) is 7.00. The summed E-state index contributed by atoms with van der Waals surface area (Å²) in [6.45, 7) is 6.35. The smallest absolute Gasteiger partial charge is 0.325 e. The van der Waals surface area contributed by atoms with E-state index in [-0.39, 0.29) is 5.97 Å². The van der Waals surface area contributed by atoms with Gasteiger partial charge in [-0.25, -0.2) is 0 Å². The summed E-state index contributed by atoms with van der Waals surface area (Å²) in [6, 6.07) is 0. The van der Waals surface area contributed by atoms with E-state index in [4.69, 9.17) is 10.5 Å². The zero-order chi connectivity index (χ0) is 13.1. The summed E-state index contributed by atoms with van der Waals surface area (Å²) >= 11 is 0. The van der Waals surface area contributed by atoms with Crippen LogP contribution >= 0.6 is 0 Å². The SMILES string of the molecule is CCCCCCCCCOC(=O)C(C)(N)CC. The maximum Gasteiger partial charge on any atom is 0.325 e. The van der Waals surface area contributed by atoms with Gasteiger partial charge in [0.2, 0.25) is 0 Å². The van der Waals surface area contributed by atoms with Gasteiger partial charge >= 0.3 is 5.97 Å². The normalized spacial score (nSPS) is 14.4. The van der Waals surface area contributed by atoms with Crippen LogP contribution in [0.4, 0.5) is 0 Å². The average molecular weight is 243 g/mol. The molecular formula is C14H29NO2. The fourth-order valence-electron chi connectivity index (χ4n) is 1.53. The van der Waals surface area contributed by atoms with E-state index in [2.05, 4.69) is 6.92 Å². The molecule has 0 aromatic carbocycles. The summed E-state index contributed by atoms with van der Waals surface area (Å²) in [4.78, 5) is 11.5. The van der Waals surface area contributed by atoms with Crippen molar-refractivity contribution in [3.05, 3.63) is 0 Å². The molecule has 17 heavy (non-hydrogen) atoms. The molecule has 0 bridgehead atoms. The predicted octanol–water partition coefficient (Wildman–Crippen LogP) is 3.41. The van der Waals surface area contributed by atoms with Gasteiger partial charge in [-0.15, -0.1) is 0 Å². The molecule has 0 aliphatic heterocycles. The highest BCUT2D eigenvalue weighted by Gasteiger charge is 2.27. The Morgan fingerprint density at radius 1 is 1.06 bits per heavy atom. The van der Waals surface area contributed by atoms with Crippen molar-refractivity contribution in [3.63, 3.8) is 0 Å². The largest absolute Gasteiger partial charge is 0.464 e. The maximum absolute atomic E-state index is 11.5. The highest BCUT2D eigenvalue weighted by Crippen LogP contribution is 2.09. The molecule has 0 heterocycles. The summed E-state index contributed by atoms with van der Waals surface area (Å²) in [6.07, 6.45) is 9.19. The van der Waals surface area contributed by atoms with Crippen LogP contribution in [-0.4, -0.2) is 18.1 Å². The molecule has 0 radical (unpaired) electrons. The number of rotatable bonds is 10. The number of ether oxygens (including phenoxy) is 1. The van der Waals surface area contributed by atoms with Gasteiger partial charge in [0.05, 0.1) is 6.61 Å². The van der Waals surface area contributed by atoms with Crippen molar-refractivity contribution in [3.8, 4) is 0 Å². The second kappa shape index (κ2) is 9.46. The lowest BCUT2D eigenvalue weighted by molar-refractivity contribution is -0.149. The molecule has 3 nitrogen and oxygen atoms in total. The van der Waals surface area contributed by atoms with Crippen LogP contribution in [0.5, 0.6) is 0 Å². The number of hydrogen-bond donors (Lipinski definition) is 1. The summed E-state index contributed by atoms with van der Waals surface area (Å²) in [5, 5.41) is 0. The van der Waals surface area contributed by atoms with E-state index in [0.717, 1.165) is 12.8 Å². The number of carbonyl (C=O) groups excluding carboxylic acids is 1. The van der Waals surface area contributed by atoms with E-state index in [1.807, 2.05) is 6.92 Å². The molecule has 3 heteroatoms. The molecule has 0 aliphatic carbocycles. The minimum atomic E-state index is -0.818. The van der Waals surface area contributed by atoms with Crippen molar-refractivity contribution in [2.45, 2.75) is 77.7 Å². The van der Waals surface area contributed by atoms with E-state index in [0.29, 0.717) is 13.0 Å². The van der Waals surface area contributed by atoms with Gasteiger partial charge in [0.25, 0.3) is 0 Å². The first-order chi connectivity index (χ1) is 8.04. The van der Waals surface area contributed by atoms with Gasteiger partial charge < -0.3 is 10.5 Å². The topological polar surface area (TPSA) is 52.3 Å². The summed E-state index contributed by atoms with van der Waals surface area (Å²) in [5.41, 5.74) is 4.96. The minimum Gasteiger partial charge on any atom is -0.464 e. The maximum atomic E-state index is 11.5. The predicted molar refractivity (Wildman–Crippen MR) is 71.8 cm³/mol. The summed E-state index contributed by atoms with van der Waals surface area (Å²) in [7, 11) is 0. The fraction of sp³-hybridized carbons (Fsp3) is 0.929. The van der Waals surface area contributed by atoms with Crippen LogP contribution in [0.25, 0.3) is 0 Å². The number of hydrogen-bond acceptors (Lipinski definition) is 3. The molecule has 1 atom stereocenters. The highest BCUT2D eigenvalue weighted by molar-refractivity contribution is 5.79. The zero-order valence-electron chi connectivity index (χ0n) is 11.8. The molecule has 0 amide bonds. The first-order valence-corrected chi connectivity index (χ1v) is 7.00. The standard InChI is InChI=1S/C14H29NO2/c1-4-6-7-8-9-10-11-12-17-13(16)14(3,15)5-2/h4-12,15H2,1-3H3. The second-order valence-corrected chi connectivity index (χ2v) is 5.03. The van der Waals surface area contributed by atoms with E-state index in [1.54, 1.807) is 6.92 Å². The zero-order valence-corrected chi connectivity index (χ0v) is 11.8. The number of nitrogens with two attached hydrogens (primary N) is 1. The second-order valence-electron chi connectivity index (χ2n) is 5.03. The Morgan fingerprint density at radius 2 is 1.59 bits per heavy atom. The Labute approximate surface area is 106 Å². The molecule has 0 saturated heterocycles. The monoisotopic (exact) mass is 243 g/mol. The van der Waals surface area contributed by atoms with Crippen molar-refractivity contribution in [1.82, 2.24) is 0 Å². The highest BCUT2D eigenvalue weighted by atomic mass is 16.5. The van der Waals surface area contributed by atoms with Gasteiger partial charge in [-0.3, -0.25) is 4.79 Å². The summed E-state index contributed by atoms with van der Waals surface area (Å²) in [5.74, 6) is -0.272. The van der Waals surface area contributed by atoms with Crippen LogP contribution in [0.1, 0.15) is 72.1 Å². The first kappa shape index (κ1) is 16.4. The minimum absolute atomic E-state index is 0.272. The molecule has 0 aromatic rings. The van der Waals surface area contributed by atoms with Crippen molar-refractivity contribution in [1.29, 1.82) is 0 Å². The molecule has 0 fully saturated rings.